The van der Waals surface area contributed by atoms with E-state index in [9.17, 15) is 14.7 Å². The molecule has 5 rings (SSSR count). The molecule has 1 saturated heterocycles. The van der Waals surface area contributed by atoms with E-state index < -0.39 is 34.9 Å². The van der Waals surface area contributed by atoms with Crippen LogP contribution < -0.4 is 20.1 Å². The number of nitrogens with zero attached hydrogens (tertiary/aromatic N) is 1. The van der Waals surface area contributed by atoms with Gasteiger partial charge in [0.25, 0.3) is 5.91 Å². The van der Waals surface area contributed by atoms with Crippen LogP contribution in [-0.4, -0.2) is 50.6 Å². The molecule has 4 N–H and O–H groups in total. The highest BCUT2D eigenvalue weighted by Crippen LogP contribution is 2.47. The fourth-order valence-electron chi connectivity index (χ4n) is 6.34. The van der Waals surface area contributed by atoms with Gasteiger partial charge in [0.05, 0.1) is 12.1 Å². The Hall–Kier alpha value is -3.59. The Morgan fingerprint density at radius 3 is 2.39 bits per heavy atom. The standard InChI is InChI=1S/C32H42N4O5/c1-8-32(9-2)16-22(36-25(37)17-30(4,5)35-29(36)33)20-15-19(11-13-23(20)41-32)28(39)34-26-21-14-18(3)10-12-24(21)40-31(6,7)27(26)38/h10-15,22,26-27,38H,8-9,16-17H2,1-7H3,(H2,33,35)(H,34,39)/t22-,26-,27+/m1/s1. The number of carbonyl (C=O) groups is 2. The predicted octanol–water partition coefficient (Wildman–Crippen LogP) is 4.92. The summed E-state index contributed by atoms with van der Waals surface area (Å²) in [6, 6.07) is 9.85. The van der Waals surface area contributed by atoms with Gasteiger partial charge in [0.2, 0.25) is 5.91 Å². The van der Waals surface area contributed by atoms with Gasteiger partial charge in [-0.1, -0.05) is 31.5 Å². The molecule has 3 atom stereocenters. The van der Waals surface area contributed by atoms with E-state index in [0.29, 0.717) is 29.0 Å². The van der Waals surface area contributed by atoms with Gasteiger partial charge in [-0.3, -0.25) is 19.9 Å². The molecule has 41 heavy (non-hydrogen) atoms. The van der Waals surface area contributed by atoms with E-state index in [4.69, 9.17) is 14.9 Å². The van der Waals surface area contributed by atoms with Gasteiger partial charge in [-0.05, 0) is 71.7 Å². The van der Waals surface area contributed by atoms with Gasteiger partial charge >= 0.3 is 0 Å². The molecule has 9 heteroatoms. The first-order valence-electron chi connectivity index (χ1n) is 14.5. The highest BCUT2D eigenvalue weighted by molar-refractivity contribution is 6.00. The van der Waals surface area contributed by atoms with Gasteiger partial charge in [-0.25, -0.2) is 0 Å². The van der Waals surface area contributed by atoms with Crippen LogP contribution in [0.4, 0.5) is 0 Å². The van der Waals surface area contributed by atoms with Crippen molar-refractivity contribution in [1.82, 2.24) is 15.5 Å². The molecule has 1 fully saturated rings. The Kier molecular flexibility index (Phi) is 7.09. The Balaban J connectivity index is 1.51. The number of aliphatic hydroxyl groups is 1. The number of nitrogens with one attached hydrogen (secondary N) is 3. The lowest BCUT2D eigenvalue weighted by molar-refractivity contribution is -0.133. The van der Waals surface area contributed by atoms with Gasteiger partial charge in [0.1, 0.15) is 28.8 Å². The molecule has 0 aliphatic carbocycles. The number of carbonyl (C=O) groups excluding carboxylic acids is 2. The number of hydrogen-bond acceptors (Lipinski definition) is 6. The number of hydrogen-bond donors (Lipinski definition) is 4. The van der Waals surface area contributed by atoms with Crippen LogP contribution in [0.2, 0.25) is 0 Å². The first kappa shape index (κ1) is 28.9. The molecular formula is C32H42N4O5. The normalized spacial score (nSPS) is 25.7. The van der Waals surface area contributed by atoms with Gasteiger partial charge in [-0.15, -0.1) is 0 Å². The topological polar surface area (TPSA) is 124 Å². The van der Waals surface area contributed by atoms with Crippen molar-refractivity contribution in [2.24, 2.45) is 0 Å². The van der Waals surface area contributed by atoms with Crippen molar-refractivity contribution in [3.63, 3.8) is 0 Å². The van der Waals surface area contributed by atoms with Crippen molar-refractivity contribution in [2.45, 2.75) is 109 Å². The maximum atomic E-state index is 13.7. The molecule has 3 aliphatic rings. The zero-order chi connectivity index (χ0) is 29.9. The summed E-state index contributed by atoms with van der Waals surface area (Å²) in [6.45, 7) is 13.5. The largest absolute Gasteiger partial charge is 0.487 e. The summed E-state index contributed by atoms with van der Waals surface area (Å²) in [5.74, 6) is 0.804. The Morgan fingerprint density at radius 2 is 1.73 bits per heavy atom. The summed E-state index contributed by atoms with van der Waals surface area (Å²) < 4.78 is 12.6. The van der Waals surface area contributed by atoms with E-state index in [1.54, 1.807) is 32.0 Å². The predicted molar refractivity (Wildman–Crippen MR) is 156 cm³/mol. The van der Waals surface area contributed by atoms with Crippen LogP contribution in [0.5, 0.6) is 11.5 Å². The minimum atomic E-state index is -0.981. The van der Waals surface area contributed by atoms with Gasteiger partial charge in [0, 0.05) is 35.1 Å². The number of aliphatic hydroxyl groups excluding tert-OH is 1. The Morgan fingerprint density at radius 1 is 1.07 bits per heavy atom. The Bertz CT molecular complexity index is 1380. The number of ether oxygens (including phenoxy) is 2. The summed E-state index contributed by atoms with van der Waals surface area (Å²) in [6.07, 6.45) is 1.26. The number of amides is 2. The van der Waals surface area contributed by atoms with E-state index in [1.165, 1.54) is 4.90 Å². The average molecular weight is 563 g/mol. The molecular weight excluding hydrogens is 520 g/mol. The second-order valence-electron chi connectivity index (χ2n) is 12.9. The van der Waals surface area contributed by atoms with Crippen LogP contribution in [-0.2, 0) is 4.79 Å². The molecule has 3 heterocycles. The Labute approximate surface area is 242 Å². The number of guanidine groups is 1. The van der Waals surface area contributed by atoms with Crippen molar-refractivity contribution in [3.05, 3.63) is 58.7 Å². The van der Waals surface area contributed by atoms with Crippen molar-refractivity contribution in [2.75, 3.05) is 0 Å². The molecule has 220 valence electrons. The van der Waals surface area contributed by atoms with Crippen molar-refractivity contribution in [1.29, 1.82) is 5.41 Å². The second-order valence-corrected chi connectivity index (χ2v) is 12.9. The molecule has 2 aromatic carbocycles. The first-order valence-corrected chi connectivity index (χ1v) is 14.5. The van der Waals surface area contributed by atoms with Crippen LogP contribution in [0, 0.1) is 12.3 Å². The van der Waals surface area contributed by atoms with Crippen LogP contribution >= 0.6 is 0 Å². The average Bonchev–Trinajstić information content (AvgIpc) is 2.90. The maximum absolute atomic E-state index is 13.7. The first-order chi connectivity index (χ1) is 19.2. The monoisotopic (exact) mass is 562 g/mol. The van der Waals surface area contributed by atoms with Crippen LogP contribution in [0.25, 0.3) is 0 Å². The maximum Gasteiger partial charge on any atom is 0.251 e. The third-order valence-corrected chi connectivity index (χ3v) is 8.87. The van der Waals surface area contributed by atoms with E-state index in [2.05, 4.69) is 24.5 Å². The molecule has 0 bridgehead atoms. The highest BCUT2D eigenvalue weighted by Gasteiger charge is 2.47. The summed E-state index contributed by atoms with van der Waals surface area (Å²) in [5.41, 5.74) is 0.878. The summed E-state index contributed by atoms with van der Waals surface area (Å²) in [5, 5.41) is 26.2. The molecule has 0 unspecified atom stereocenters. The molecule has 3 aliphatic heterocycles. The van der Waals surface area contributed by atoms with Gasteiger partial charge in [0.15, 0.2) is 5.96 Å². The molecule has 0 spiro atoms. The fourth-order valence-corrected chi connectivity index (χ4v) is 6.34. The molecule has 0 radical (unpaired) electrons. The van der Waals surface area contributed by atoms with Crippen LogP contribution in [0.15, 0.2) is 36.4 Å². The molecule has 9 nitrogen and oxygen atoms in total. The lowest BCUT2D eigenvalue weighted by Gasteiger charge is -2.48. The summed E-state index contributed by atoms with van der Waals surface area (Å²) in [4.78, 5) is 28.7. The lowest BCUT2D eigenvalue weighted by Crippen LogP contribution is -2.61. The third-order valence-electron chi connectivity index (χ3n) is 8.87. The molecule has 0 saturated carbocycles. The molecule has 2 aromatic rings. The second kappa shape index (κ2) is 10.0. The van der Waals surface area contributed by atoms with Gasteiger partial charge in [-0.2, -0.15) is 0 Å². The van der Waals surface area contributed by atoms with Crippen molar-refractivity contribution >= 4 is 17.8 Å². The number of benzene rings is 2. The number of aryl methyl sites for hydroxylation is 1. The van der Waals surface area contributed by atoms with E-state index >= 15 is 0 Å². The van der Waals surface area contributed by atoms with Crippen LogP contribution in [0.3, 0.4) is 0 Å². The van der Waals surface area contributed by atoms with Crippen molar-refractivity contribution < 1.29 is 24.2 Å². The highest BCUT2D eigenvalue weighted by atomic mass is 16.5. The summed E-state index contributed by atoms with van der Waals surface area (Å²) in [7, 11) is 0. The van der Waals surface area contributed by atoms with Crippen molar-refractivity contribution in [3.8, 4) is 11.5 Å². The minimum absolute atomic E-state index is 0.0552. The third kappa shape index (κ3) is 5.16. The number of fused-ring (bicyclic) bond motifs is 2. The lowest BCUT2D eigenvalue weighted by atomic mass is 9.81. The van der Waals surface area contributed by atoms with Gasteiger partial charge < -0.3 is 25.2 Å². The number of rotatable bonds is 5. The smallest absolute Gasteiger partial charge is 0.251 e. The van der Waals surface area contributed by atoms with E-state index in [-0.39, 0.29) is 24.2 Å². The quantitative estimate of drug-likeness (QED) is 0.410. The van der Waals surface area contributed by atoms with E-state index in [1.807, 2.05) is 39.0 Å². The van der Waals surface area contributed by atoms with E-state index in [0.717, 1.165) is 24.0 Å². The minimum Gasteiger partial charge on any atom is -0.487 e. The molecule has 0 aromatic heterocycles. The molecule has 2 amide bonds. The fraction of sp³-hybridized carbons (Fsp3) is 0.531. The zero-order valence-corrected chi connectivity index (χ0v) is 25.1. The zero-order valence-electron chi connectivity index (χ0n) is 25.1. The summed E-state index contributed by atoms with van der Waals surface area (Å²) >= 11 is 0. The van der Waals surface area contributed by atoms with Crippen LogP contribution in [0.1, 0.15) is 106 Å². The SMILES string of the molecule is CCC1(CC)C[C@@H](N2C(=N)NC(C)(C)CC2=O)c2cc(C(=O)N[C@@H]3c4cc(C)ccc4OC(C)(C)[C@H]3O)ccc2O1.